The molecule has 0 aromatic carbocycles. The summed E-state index contributed by atoms with van der Waals surface area (Å²) in [6.45, 7) is 7.46. The van der Waals surface area contributed by atoms with Crippen LogP contribution in [0.15, 0.2) is 22.1 Å². The van der Waals surface area contributed by atoms with Gasteiger partial charge in [-0.2, -0.15) is 0 Å². The third kappa shape index (κ3) is 3.16. The summed E-state index contributed by atoms with van der Waals surface area (Å²) in [5.74, 6) is 0.587. The smallest absolute Gasteiger partial charge is 0.133 e. The standard InChI is InChI=1S/C14H18BrN3S/c1-3-18(4-2)7-5-6-10-8-17-14(16)12-11(15)9-19-13(10)12/h5-6,8-9H,3-4,7H2,1-2H3,(H2,16,17). The van der Waals surface area contributed by atoms with Gasteiger partial charge in [0.15, 0.2) is 0 Å². The lowest BCUT2D eigenvalue weighted by molar-refractivity contribution is 0.338. The summed E-state index contributed by atoms with van der Waals surface area (Å²) in [7, 11) is 0. The van der Waals surface area contributed by atoms with E-state index in [-0.39, 0.29) is 0 Å². The topological polar surface area (TPSA) is 42.2 Å². The molecule has 2 N–H and O–H groups in total. The van der Waals surface area contributed by atoms with Gasteiger partial charge in [0.25, 0.3) is 0 Å². The van der Waals surface area contributed by atoms with E-state index < -0.39 is 0 Å². The van der Waals surface area contributed by atoms with Crippen LogP contribution in [-0.4, -0.2) is 29.5 Å². The molecular weight excluding hydrogens is 322 g/mol. The summed E-state index contributed by atoms with van der Waals surface area (Å²) in [5, 5.41) is 3.08. The van der Waals surface area contributed by atoms with Gasteiger partial charge in [-0.3, -0.25) is 0 Å². The number of likely N-dealkylation sites (N-methyl/N-ethyl adjacent to an activating group) is 1. The summed E-state index contributed by atoms with van der Waals surface area (Å²) in [6, 6.07) is 0. The van der Waals surface area contributed by atoms with Gasteiger partial charge < -0.3 is 10.6 Å². The molecule has 0 bridgehead atoms. The highest BCUT2D eigenvalue weighted by Gasteiger charge is 2.09. The lowest BCUT2D eigenvalue weighted by Gasteiger charge is -2.14. The van der Waals surface area contributed by atoms with E-state index >= 15 is 0 Å². The molecule has 2 aromatic rings. The number of nitrogens with zero attached hydrogens (tertiary/aromatic N) is 2. The molecule has 0 aliphatic heterocycles. The number of rotatable bonds is 5. The van der Waals surface area contributed by atoms with Crippen molar-refractivity contribution in [1.82, 2.24) is 9.88 Å². The van der Waals surface area contributed by atoms with E-state index in [0.717, 1.165) is 35.1 Å². The lowest BCUT2D eigenvalue weighted by Crippen LogP contribution is -2.22. The van der Waals surface area contributed by atoms with E-state index in [1.807, 2.05) is 6.20 Å². The molecule has 0 spiro atoms. The molecule has 0 unspecified atom stereocenters. The average Bonchev–Trinajstić information content (AvgIpc) is 2.80. The zero-order valence-corrected chi connectivity index (χ0v) is 13.6. The molecule has 3 nitrogen and oxygen atoms in total. The zero-order chi connectivity index (χ0) is 13.8. The van der Waals surface area contributed by atoms with Crippen molar-refractivity contribution in [2.24, 2.45) is 0 Å². The predicted molar refractivity (Wildman–Crippen MR) is 88.6 cm³/mol. The van der Waals surface area contributed by atoms with Crippen LogP contribution < -0.4 is 5.73 Å². The van der Waals surface area contributed by atoms with E-state index in [0.29, 0.717) is 5.82 Å². The highest BCUT2D eigenvalue weighted by Crippen LogP contribution is 2.35. The third-order valence-corrected chi connectivity index (χ3v) is 5.12. The average molecular weight is 340 g/mol. The van der Waals surface area contributed by atoms with Gasteiger partial charge in [0.05, 0.1) is 0 Å². The van der Waals surface area contributed by atoms with E-state index in [2.05, 4.69) is 57.2 Å². The van der Waals surface area contributed by atoms with Crippen LogP contribution in [-0.2, 0) is 0 Å². The SMILES string of the molecule is CCN(CC)CC=Cc1cnc(N)c2c(Br)csc12. The van der Waals surface area contributed by atoms with Gasteiger partial charge >= 0.3 is 0 Å². The van der Waals surface area contributed by atoms with Crippen molar-refractivity contribution < 1.29 is 0 Å². The van der Waals surface area contributed by atoms with Gasteiger partial charge in [-0.05, 0) is 29.0 Å². The molecule has 0 fully saturated rings. The number of nitrogens with two attached hydrogens (primary N) is 1. The van der Waals surface area contributed by atoms with Crippen LogP contribution >= 0.6 is 27.3 Å². The number of fused-ring (bicyclic) bond motifs is 1. The first-order chi connectivity index (χ1) is 9.17. The molecule has 0 saturated carbocycles. The maximum Gasteiger partial charge on any atom is 0.133 e. The number of nitrogen functional groups attached to an aromatic ring is 1. The summed E-state index contributed by atoms with van der Waals surface area (Å²) in [6.07, 6.45) is 6.17. The summed E-state index contributed by atoms with van der Waals surface area (Å²) >= 11 is 5.22. The van der Waals surface area contributed by atoms with Crippen molar-refractivity contribution in [3.63, 3.8) is 0 Å². The lowest BCUT2D eigenvalue weighted by atomic mass is 10.2. The van der Waals surface area contributed by atoms with Crippen LogP contribution in [0, 0.1) is 0 Å². The Hall–Kier alpha value is -0.910. The fourth-order valence-corrected chi connectivity index (χ4v) is 3.72. The van der Waals surface area contributed by atoms with Crippen LogP contribution in [0.2, 0.25) is 0 Å². The summed E-state index contributed by atoms with van der Waals surface area (Å²) in [5.41, 5.74) is 7.06. The van der Waals surface area contributed by atoms with Crippen molar-refractivity contribution in [3.05, 3.63) is 27.7 Å². The first kappa shape index (κ1) is 14.5. The molecule has 0 aliphatic rings. The number of hydrogen-bond donors (Lipinski definition) is 1. The highest BCUT2D eigenvalue weighted by molar-refractivity contribution is 9.10. The van der Waals surface area contributed by atoms with Gasteiger partial charge in [-0.25, -0.2) is 4.98 Å². The minimum atomic E-state index is 0.587. The normalized spacial score (nSPS) is 12.0. The number of pyridine rings is 1. The van der Waals surface area contributed by atoms with E-state index in [1.54, 1.807) is 11.3 Å². The Morgan fingerprint density at radius 1 is 1.42 bits per heavy atom. The molecule has 19 heavy (non-hydrogen) atoms. The zero-order valence-electron chi connectivity index (χ0n) is 11.2. The van der Waals surface area contributed by atoms with Crippen molar-refractivity contribution in [3.8, 4) is 0 Å². The van der Waals surface area contributed by atoms with Crippen LogP contribution in [0.25, 0.3) is 16.2 Å². The molecule has 2 heterocycles. The Balaban J connectivity index is 2.26. The molecule has 0 saturated heterocycles. The van der Waals surface area contributed by atoms with E-state index in [4.69, 9.17) is 5.73 Å². The van der Waals surface area contributed by atoms with Crippen molar-refractivity contribution >= 4 is 49.2 Å². The Labute approximate surface area is 126 Å². The largest absolute Gasteiger partial charge is 0.383 e. The fraction of sp³-hybridized carbons (Fsp3) is 0.357. The molecule has 0 aliphatic carbocycles. The fourth-order valence-electron chi connectivity index (χ4n) is 1.98. The van der Waals surface area contributed by atoms with E-state index in [9.17, 15) is 0 Å². The first-order valence-electron chi connectivity index (χ1n) is 6.37. The molecule has 102 valence electrons. The number of aromatic nitrogens is 1. The van der Waals surface area contributed by atoms with Gasteiger partial charge in [0.1, 0.15) is 5.82 Å². The van der Waals surface area contributed by atoms with E-state index in [1.165, 1.54) is 4.70 Å². The van der Waals surface area contributed by atoms with Crippen LogP contribution in [0.3, 0.4) is 0 Å². The van der Waals surface area contributed by atoms with Crippen LogP contribution in [0.5, 0.6) is 0 Å². The molecular formula is C14H18BrN3S. The second-order valence-corrected chi connectivity index (χ2v) is 6.01. The predicted octanol–water partition coefficient (Wildman–Crippen LogP) is 4.00. The van der Waals surface area contributed by atoms with Gasteiger partial charge in [-0.1, -0.05) is 26.0 Å². The molecule has 0 atom stereocenters. The van der Waals surface area contributed by atoms with Gasteiger partial charge in [-0.15, -0.1) is 11.3 Å². The van der Waals surface area contributed by atoms with Crippen molar-refractivity contribution in [1.29, 1.82) is 0 Å². The minimum Gasteiger partial charge on any atom is -0.383 e. The Bertz CT molecular complexity index is 588. The molecule has 2 aromatic heterocycles. The maximum atomic E-state index is 5.92. The number of hydrogen-bond acceptors (Lipinski definition) is 4. The molecule has 0 radical (unpaired) electrons. The Morgan fingerprint density at radius 2 is 2.16 bits per heavy atom. The number of thiophene rings is 1. The molecule has 2 rings (SSSR count). The third-order valence-electron chi connectivity index (χ3n) is 3.16. The molecule has 0 amide bonds. The summed E-state index contributed by atoms with van der Waals surface area (Å²) < 4.78 is 2.21. The molecule has 5 heteroatoms. The monoisotopic (exact) mass is 339 g/mol. The quantitative estimate of drug-likeness (QED) is 0.895. The first-order valence-corrected chi connectivity index (χ1v) is 8.04. The van der Waals surface area contributed by atoms with Crippen LogP contribution in [0.4, 0.5) is 5.82 Å². The Morgan fingerprint density at radius 3 is 2.84 bits per heavy atom. The highest BCUT2D eigenvalue weighted by atomic mass is 79.9. The minimum absolute atomic E-state index is 0.587. The second kappa shape index (κ2) is 6.50. The Kier molecular flexibility index (Phi) is 4.96. The van der Waals surface area contributed by atoms with Gasteiger partial charge in [0.2, 0.25) is 0 Å². The number of anilines is 1. The van der Waals surface area contributed by atoms with Crippen LogP contribution in [0.1, 0.15) is 19.4 Å². The summed E-state index contributed by atoms with van der Waals surface area (Å²) in [4.78, 5) is 6.63. The van der Waals surface area contributed by atoms with Gasteiger partial charge in [0, 0.05) is 38.2 Å². The number of halogens is 1. The maximum absolute atomic E-state index is 5.92. The van der Waals surface area contributed by atoms with Crippen molar-refractivity contribution in [2.45, 2.75) is 13.8 Å². The second-order valence-electron chi connectivity index (χ2n) is 4.27. The van der Waals surface area contributed by atoms with Crippen molar-refractivity contribution in [2.75, 3.05) is 25.4 Å².